The van der Waals surface area contributed by atoms with Crippen LogP contribution in [0.5, 0.6) is 0 Å². The third-order valence-corrected chi connectivity index (χ3v) is 6.42. The molecule has 3 aromatic rings. The van der Waals surface area contributed by atoms with Crippen LogP contribution < -0.4 is 10.3 Å². The molecule has 1 aromatic heterocycles. The molecule has 0 bridgehead atoms. The molecule has 140 valence electrons. The minimum Gasteiger partial charge on any atom is -0.273 e. The lowest BCUT2D eigenvalue weighted by atomic mass is 10.1. The van der Waals surface area contributed by atoms with Crippen LogP contribution in [0, 0.1) is 19.7 Å². The van der Waals surface area contributed by atoms with Crippen LogP contribution >= 0.6 is 11.3 Å². The van der Waals surface area contributed by atoms with Gasteiger partial charge in [0, 0.05) is 4.88 Å². The number of nitrogens with one attached hydrogen (secondary N) is 2. The topological polar surface area (TPSA) is 75.3 Å². The number of thiophene rings is 1. The number of aryl methyl sites for hydroxylation is 2. The highest BCUT2D eigenvalue weighted by molar-refractivity contribution is 7.89. The van der Waals surface area contributed by atoms with Crippen LogP contribution in [0.25, 0.3) is 10.4 Å². The molecule has 2 aromatic carbocycles. The van der Waals surface area contributed by atoms with Gasteiger partial charge in [-0.25, -0.2) is 12.8 Å². The summed E-state index contributed by atoms with van der Waals surface area (Å²) in [5, 5.41) is 0. The van der Waals surface area contributed by atoms with Crippen LogP contribution in [0.3, 0.4) is 0 Å². The Labute approximate surface area is 160 Å². The second kappa shape index (κ2) is 7.59. The number of halogens is 1. The van der Waals surface area contributed by atoms with Crippen LogP contribution in [0.15, 0.2) is 59.5 Å². The van der Waals surface area contributed by atoms with E-state index in [9.17, 15) is 17.6 Å². The summed E-state index contributed by atoms with van der Waals surface area (Å²) in [6.45, 7) is 3.70. The van der Waals surface area contributed by atoms with E-state index in [-0.39, 0.29) is 10.7 Å². The minimum absolute atomic E-state index is 0.0732. The van der Waals surface area contributed by atoms with Gasteiger partial charge in [-0.1, -0.05) is 18.2 Å². The van der Waals surface area contributed by atoms with Crippen molar-refractivity contribution in [2.45, 2.75) is 18.7 Å². The molecule has 0 aliphatic rings. The van der Waals surface area contributed by atoms with Gasteiger partial charge >= 0.3 is 0 Å². The van der Waals surface area contributed by atoms with Gasteiger partial charge in [0.2, 0.25) is 0 Å². The normalized spacial score (nSPS) is 11.4. The summed E-state index contributed by atoms with van der Waals surface area (Å²) < 4.78 is 37.7. The Morgan fingerprint density at radius 2 is 1.67 bits per heavy atom. The highest BCUT2D eigenvalue weighted by Crippen LogP contribution is 2.28. The standard InChI is InChI=1S/C19H17FN2O3S2/c1-12-3-8-16(11-13(12)2)27(24,25)22-21-19(23)18-10-9-17(26-18)14-4-6-15(20)7-5-14/h3-11,22H,1-2H3,(H,21,23). The first-order chi connectivity index (χ1) is 12.8. The zero-order chi connectivity index (χ0) is 19.6. The number of carbonyl (C=O) groups is 1. The zero-order valence-electron chi connectivity index (χ0n) is 14.6. The fourth-order valence-electron chi connectivity index (χ4n) is 2.34. The Balaban J connectivity index is 1.70. The molecule has 5 nitrogen and oxygen atoms in total. The summed E-state index contributed by atoms with van der Waals surface area (Å²) in [6, 6.07) is 14.0. The van der Waals surface area contributed by atoms with Gasteiger partial charge in [-0.2, -0.15) is 0 Å². The summed E-state index contributed by atoms with van der Waals surface area (Å²) >= 11 is 1.18. The van der Waals surface area contributed by atoms with Gasteiger partial charge < -0.3 is 0 Å². The van der Waals surface area contributed by atoms with Crippen molar-refractivity contribution in [3.05, 3.63) is 76.4 Å². The van der Waals surface area contributed by atoms with Crippen molar-refractivity contribution in [2.24, 2.45) is 0 Å². The summed E-state index contributed by atoms with van der Waals surface area (Å²) in [5.41, 5.74) is 4.81. The molecule has 1 amide bonds. The van der Waals surface area contributed by atoms with Gasteiger partial charge in [-0.3, -0.25) is 10.2 Å². The van der Waals surface area contributed by atoms with Gasteiger partial charge in [-0.15, -0.1) is 16.2 Å². The third-order valence-electron chi connectivity index (χ3n) is 4.05. The van der Waals surface area contributed by atoms with E-state index in [1.165, 1.54) is 29.5 Å². The fraction of sp³-hybridized carbons (Fsp3) is 0.105. The fourth-order valence-corrected chi connectivity index (χ4v) is 4.18. The van der Waals surface area contributed by atoms with Crippen LogP contribution in [0.2, 0.25) is 0 Å². The van der Waals surface area contributed by atoms with Crippen molar-refractivity contribution in [1.29, 1.82) is 0 Å². The van der Waals surface area contributed by atoms with Crippen molar-refractivity contribution < 1.29 is 17.6 Å². The van der Waals surface area contributed by atoms with Crippen LogP contribution in [-0.4, -0.2) is 14.3 Å². The summed E-state index contributed by atoms with van der Waals surface area (Å²) in [5.74, 6) is -0.908. The van der Waals surface area contributed by atoms with E-state index < -0.39 is 15.9 Å². The zero-order valence-corrected chi connectivity index (χ0v) is 16.2. The molecule has 1 heterocycles. The molecule has 8 heteroatoms. The number of hydrogen-bond donors (Lipinski definition) is 2. The Bertz CT molecular complexity index is 1090. The van der Waals surface area contributed by atoms with Crippen molar-refractivity contribution >= 4 is 27.3 Å². The molecule has 0 saturated heterocycles. The molecule has 0 spiro atoms. The Hall–Kier alpha value is -2.55. The van der Waals surface area contributed by atoms with Crippen LogP contribution in [0.4, 0.5) is 4.39 Å². The van der Waals surface area contributed by atoms with E-state index in [4.69, 9.17) is 0 Å². The van der Waals surface area contributed by atoms with E-state index in [1.807, 2.05) is 13.8 Å². The minimum atomic E-state index is -3.87. The molecule has 27 heavy (non-hydrogen) atoms. The molecule has 0 atom stereocenters. The Kier molecular flexibility index (Phi) is 5.41. The number of carbonyl (C=O) groups excluding carboxylic acids is 1. The largest absolute Gasteiger partial charge is 0.276 e. The average molecular weight is 404 g/mol. The molecule has 3 rings (SSSR count). The van der Waals surface area contributed by atoms with Crippen molar-refractivity contribution in [3.8, 4) is 10.4 Å². The molecular weight excluding hydrogens is 387 g/mol. The smallest absolute Gasteiger partial charge is 0.273 e. The van der Waals surface area contributed by atoms with E-state index in [0.717, 1.165) is 21.6 Å². The maximum Gasteiger partial charge on any atom is 0.276 e. The van der Waals surface area contributed by atoms with Crippen molar-refractivity contribution in [1.82, 2.24) is 10.3 Å². The van der Waals surface area contributed by atoms with E-state index in [2.05, 4.69) is 10.3 Å². The maximum absolute atomic E-state index is 13.0. The van der Waals surface area contributed by atoms with Gasteiger partial charge in [0.15, 0.2) is 0 Å². The van der Waals surface area contributed by atoms with Gasteiger partial charge in [0.1, 0.15) is 5.82 Å². The lowest BCUT2D eigenvalue weighted by Crippen LogP contribution is -2.41. The molecule has 0 radical (unpaired) electrons. The first kappa shape index (κ1) is 19.2. The Morgan fingerprint density at radius 1 is 0.963 bits per heavy atom. The van der Waals surface area contributed by atoms with Gasteiger partial charge in [-0.05, 0) is 66.9 Å². The first-order valence-corrected chi connectivity index (χ1v) is 10.3. The first-order valence-electron chi connectivity index (χ1n) is 8.01. The number of rotatable bonds is 5. The molecule has 0 aliphatic heterocycles. The molecule has 0 unspecified atom stereocenters. The lowest BCUT2D eigenvalue weighted by molar-refractivity contribution is 0.0949. The highest BCUT2D eigenvalue weighted by atomic mass is 32.2. The third kappa shape index (κ3) is 4.41. The monoisotopic (exact) mass is 404 g/mol. The molecule has 0 saturated carbocycles. The van der Waals surface area contributed by atoms with Crippen molar-refractivity contribution in [2.75, 3.05) is 0 Å². The quantitative estimate of drug-likeness (QED) is 0.635. The predicted octanol–water partition coefficient (Wildman–Crippen LogP) is 3.79. The molecule has 0 fully saturated rings. The van der Waals surface area contributed by atoms with Crippen LogP contribution in [0.1, 0.15) is 20.8 Å². The maximum atomic E-state index is 13.0. The van der Waals surface area contributed by atoms with Crippen molar-refractivity contribution in [3.63, 3.8) is 0 Å². The van der Waals surface area contributed by atoms with E-state index in [1.54, 1.807) is 36.4 Å². The number of benzene rings is 2. The molecule has 2 N–H and O–H groups in total. The Morgan fingerprint density at radius 3 is 2.33 bits per heavy atom. The van der Waals surface area contributed by atoms with E-state index in [0.29, 0.717) is 4.88 Å². The number of amides is 1. The summed E-state index contributed by atoms with van der Waals surface area (Å²) in [4.78, 5) is 15.5. The number of sulfonamides is 1. The lowest BCUT2D eigenvalue weighted by Gasteiger charge is -2.09. The van der Waals surface area contributed by atoms with E-state index >= 15 is 0 Å². The highest BCUT2D eigenvalue weighted by Gasteiger charge is 2.17. The molecule has 0 aliphatic carbocycles. The second-order valence-corrected chi connectivity index (χ2v) is 8.74. The SMILES string of the molecule is Cc1ccc(S(=O)(=O)NNC(=O)c2ccc(-c3ccc(F)cc3)s2)cc1C. The number of hydrazine groups is 1. The average Bonchev–Trinajstić information content (AvgIpc) is 3.13. The van der Waals surface area contributed by atoms with Crippen LogP contribution in [-0.2, 0) is 10.0 Å². The predicted molar refractivity (Wildman–Crippen MR) is 103 cm³/mol. The summed E-state index contributed by atoms with van der Waals surface area (Å²) in [6.07, 6.45) is 0. The second-order valence-electron chi connectivity index (χ2n) is 5.98. The molecular formula is C19H17FN2O3S2. The van der Waals surface area contributed by atoms with Gasteiger partial charge in [0.05, 0.1) is 9.77 Å². The van der Waals surface area contributed by atoms with Gasteiger partial charge in [0.25, 0.3) is 15.9 Å². The number of hydrogen-bond acceptors (Lipinski definition) is 4. The summed E-state index contributed by atoms with van der Waals surface area (Å²) in [7, 11) is -3.87.